The average Bonchev–Trinajstić information content (AvgIpc) is 3.32. The van der Waals surface area contributed by atoms with Crippen LogP contribution >= 0.6 is 24.0 Å². The molecular weight excluding hydrogens is 614 g/mol. The number of hydrogen-bond acceptors (Lipinski definition) is 9. The minimum atomic E-state index is -0.274. The minimum Gasteiger partial charge on any atom is -0.493 e. The number of rotatable bonds is 8. The number of nitrogens with zero attached hydrogens (tertiary/aromatic N) is 5. The smallest absolute Gasteiger partial charge is 0.267 e. The lowest BCUT2D eigenvalue weighted by atomic mass is 10.1. The molecule has 2 aromatic heterocycles. The number of hydrogen-bond donors (Lipinski definition) is 0. The van der Waals surface area contributed by atoms with Crippen molar-refractivity contribution in [1.82, 2.24) is 14.3 Å². The number of benzene rings is 2. The van der Waals surface area contributed by atoms with Crippen LogP contribution in [0.15, 0.2) is 70.5 Å². The highest BCUT2D eigenvalue weighted by molar-refractivity contribution is 8.26. The molecule has 45 heavy (non-hydrogen) atoms. The van der Waals surface area contributed by atoms with Crippen molar-refractivity contribution in [3.63, 3.8) is 0 Å². The molecular formula is C33H32FN5O4S2. The normalized spacial score (nSPS) is 16.3. The van der Waals surface area contributed by atoms with Crippen LogP contribution < -0.4 is 24.8 Å². The van der Waals surface area contributed by atoms with Gasteiger partial charge in [-0.25, -0.2) is 9.37 Å². The molecule has 0 aliphatic carbocycles. The first-order valence-electron chi connectivity index (χ1n) is 14.5. The van der Waals surface area contributed by atoms with E-state index in [0.29, 0.717) is 76.9 Å². The number of carbonyl (C=O) groups is 1. The molecule has 0 unspecified atom stereocenters. The fraction of sp³-hybridized carbons (Fsp3) is 0.273. The lowest BCUT2D eigenvalue weighted by Crippen LogP contribution is -2.47. The van der Waals surface area contributed by atoms with Crippen LogP contribution in [0.4, 0.5) is 15.9 Å². The molecule has 2 aromatic carbocycles. The van der Waals surface area contributed by atoms with Gasteiger partial charge < -0.3 is 19.3 Å². The highest BCUT2D eigenvalue weighted by Gasteiger charge is 2.33. The number of piperazine rings is 1. The molecule has 12 heteroatoms. The lowest BCUT2D eigenvalue weighted by molar-refractivity contribution is -0.122. The van der Waals surface area contributed by atoms with Crippen molar-refractivity contribution in [2.75, 3.05) is 56.7 Å². The molecule has 0 radical (unpaired) electrons. The van der Waals surface area contributed by atoms with E-state index >= 15 is 0 Å². The molecule has 232 valence electrons. The van der Waals surface area contributed by atoms with Crippen molar-refractivity contribution in [3.8, 4) is 11.5 Å². The highest BCUT2D eigenvalue weighted by atomic mass is 32.2. The van der Waals surface area contributed by atoms with Crippen LogP contribution in [-0.4, -0.2) is 71.5 Å². The Hall–Kier alpha value is -4.42. The van der Waals surface area contributed by atoms with Gasteiger partial charge in [-0.05, 0) is 73.0 Å². The van der Waals surface area contributed by atoms with E-state index in [-0.39, 0.29) is 17.3 Å². The zero-order valence-corrected chi connectivity index (χ0v) is 26.8. The van der Waals surface area contributed by atoms with Gasteiger partial charge in [0.2, 0.25) is 0 Å². The molecule has 2 aliphatic rings. The third-order valence-corrected chi connectivity index (χ3v) is 9.43. The standard InChI is InChI=1S/C33H32FN5O4S2/c1-21-5-4-13-38-29(21)35-30(37-17-15-36(16-18-37)24-9-7-23(34)8-10-24)25(31(38)40)20-28-32(41)39(33(44)45-28)14-12-22-6-11-26(42-2)27(19-22)43-3/h4-11,13,19-20H,12,14-18H2,1-3H3. The molecule has 0 saturated carbocycles. The van der Waals surface area contributed by atoms with E-state index in [1.165, 1.54) is 28.3 Å². The molecule has 0 atom stereocenters. The van der Waals surface area contributed by atoms with Crippen LogP contribution in [0.5, 0.6) is 11.5 Å². The number of fused-ring (bicyclic) bond motifs is 1. The van der Waals surface area contributed by atoms with Crippen molar-refractivity contribution in [2.45, 2.75) is 13.3 Å². The van der Waals surface area contributed by atoms with Gasteiger partial charge >= 0.3 is 0 Å². The molecule has 0 N–H and O–H groups in total. The predicted molar refractivity (Wildman–Crippen MR) is 180 cm³/mol. The number of aryl methyl sites for hydroxylation is 1. The maximum atomic E-state index is 14.0. The van der Waals surface area contributed by atoms with Gasteiger partial charge in [-0.15, -0.1) is 0 Å². The molecule has 9 nitrogen and oxygen atoms in total. The van der Waals surface area contributed by atoms with Crippen molar-refractivity contribution < 1.29 is 18.7 Å². The number of ether oxygens (including phenoxy) is 2. The molecule has 2 aliphatic heterocycles. The Labute approximate surface area is 269 Å². The predicted octanol–water partition coefficient (Wildman–Crippen LogP) is 4.93. The van der Waals surface area contributed by atoms with Gasteiger partial charge in [0.25, 0.3) is 11.5 Å². The van der Waals surface area contributed by atoms with E-state index in [4.69, 9.17) is 26.7 Å². The van der Waals surface area contributed by atoms with E-state index in [9.17, 15) is 14.0 Å². The number of carbonyl (C=O) groups excluding carboxylic acids is 1. The summed E-state index contributed by atoms with van der Waals surface area (Å²) < 4.78 is 26.2. The van der Waals surface area contributed by atoms with E-state index < -0.39 is 0 Å². The second-order valence-corrected chi connectivity index (χ2v) is 12.4. The number of methoxy groups -OCH3 is 2. The van der Waals surface area contributed by atoms with Gasteiger partial charge in [0.05, 0.1) is 24.7 Å². The Kier molecular flexibility index (Phi) is 8.77. The minimum absolute atomic E-state index is 0.244. The topological polar surface area (TPSA) is 79.6 Å². The van der Waals surface area contributed by atoms with Crippen LogP contribution in [0.3, 0.4) is 0 Å². The van der Waals surface area contributed by atoms with Crippen LogP contribution in [0, 0.1) is 12.7 Å². The fourth-order valence-electron chi connectivity index (χ4n) is 5.60. The molecule has 4 heterocycles. The van der Waals surface area contributed by atoms with Crippen LogP contribution in [0.1, 0.15) is 16.7 Å². The fourth-order valence-corrected chi connectivity index (χ4v) is 6.89. The van der Waals surface area contributed by atoms with Crippen LogP contribution in [-0.2, 0) is 11.2 Å². The summed E-state index contributed by atoms with van der Waals surface area (Å²) in [6.07, 6.45) is 3.89. The maximum absolute atomic E-state index is 14.0. The summed E-state index contributed by atoms with van der Waals surface area (Å²) in [7, 11) is 3.17. The zero-order chi connectivity index (χ0) is 31.7. The number of pyridine rings is 1. The number of amides is 1. The summed E-state index contributed by atoms with van der Waals surface area (Å²) in [5, 5.41) is 0. The van der Waals surface area contributed by atoms with Crippen LogP contribution in [0.2, 0.25) is 0 Å². The van der Waals surface area contributed by atoms with Crippen molar-refractivity contribution in [1.29, 1.82) is 0 Å². The Bertz CT molecular complexity index is 1870. The largest absolute Gasteiger partial charge is 0.493 e. The number of aromatic nitrogens is 2. The summed E-state index contributed by atoms with van der Waals surface area (Å²) in [5.41, 5.74) is 3.44. The van der Waals surface area contributed by atoms with Crippen molar-refractivity contribution in [2.24, 2.45) is 0 Å². The molecule has 2 saturated heterocycles. The number of halogens is 1. The highest BCUT2D eigenvalue weighted by Crippen LogP contribution is 2.35. The van der Waals surface area contributed by atoms with Gasteiger partial charge in [-0.2, -0.15) is 0 Å². The third kappa shape index (κ3) is 6.12. The first-order valence-corrected chi connectivity index (χ1v) is 15.7. The lowest BCUT2D eigenvalue weighted by Gasteiger charge is -2.37. The average molecular weight is 646 g/mol. The van der Waals surface area contributed by atoms with E-state index in [1.54, 1.807) is 43.5 Å². The van der Waals surface area contributed by atoms with Gasteiger partial charge in [-0.1, -0.05) is 36.1 Å². The van der Waals surface area contributed by atoms with Gasteiger partial charge in [0.1, 0.15) is 21.6 Å². The van der Waals surface area contributed by atoms with Crippen molar-refractivity contribution in [3.05, 3.63) is 98.6 Å². The zero-order valence-electron chi connectivity index (χ0n) is 25.2. The second-order valence-electron chi connectivity index (χ2n) is 10.8. The maximum Gasteiger partial charge on any atom is 0.267 e. The number of anilines is 2. The van der Waals surface area contributed by atoms with E-state index in [0.717, 1.165) is 16.8 Å². The molecule has 4 aromatic rings. The molecule has 0 spiro atoms. The number of thioether (sulfide) groups is 1. The summed E-state index contributed by atoms with van der Waals surface area (Å²) in [6.45, 7) is 4.82. The molecule has 1 amide bonds. The summed E-state index contributed by atoms with van der Waals surface area (Å²) >= 11 is 6.80. The first-order chi connectivity index (χ1) is 21.8. The van der Waals surface area contributed by atoms with Crippen molar-refractivity contribution >= 4 is 57.4 Å². The monoisotopic (exact) mass is 645 g/mol. The Morgan fingerprint density at radius 1 is 0.978 bits per heavy atom. The summed E-state index contributed by atoms with van der Waals surface area (Å²) in [6, 6.07) is 15.8. The molecule has 6 rings (SSSR count). The van der Waals surface area contributed by atoms with E-state index in [2.05, 4.69) is 9.80 Å². The van der Waals surface area contributed by atoms with Crippen LogP contribution in [0.25, 0.3) is 11.7 Å². The molecule has 2 fully saturated rings. The SMILES string of the molecule is COc1ccc(CCN2C(=O)C(=Cc3c(N4CCN(c5ccc(F)cc5)CC4)nc4c(C)cccn4c3=O)SC2=S)cc1OC. The third-order valence-electron chi connectivity index (χ3n) is 8.06. The van der Waals surface area contributed by atoms with Gasteiger partial charge in [0, 0.05) is 44.6 Å². The summed E-state index contributed by atoms with van der Waals surface area (Å²) in [4.78, 5) is 38.8. The Morgan fingerprint density at radius 2 is 1.69 bits per heavy atom. The second kappa shape index (κ2) is 12.9. The Balaban J connectivity index is 1.28. The van der Waals surface area contributed by atoms with Gasteiger partial charge in [-0.3, -0.25) is 18.9 Å². The number of thiocarbonyl (C=S) groups is 1. The van der Waals surface area contributed by atoms with Gasteiger partial charge in [0.15, 0.2) is 11.5 Å². The Morgan fingerprint density at radius 3 is 2.40 bits per heavy atom. The van der Waals surface area contributed by atoms with E-state index in [1.807, 2.05) is 37.3 Å². The molecule has 0 bridgehead atoms. The summed E-state index contributed by atoms with van der Waals surface area (Å²) in [5.74, 6) is 1.26. The quantitative estimate of drug-likeness (QED) is 0.196. The first kappa shape index (κ1) is 30.6.